The lowest BCUT2D eigenvalue weighted by atomic mass is 9.90. The van der Waals surface area contributed by atoms with Crippen LogP contribution in [0.5, 0.6) is 0 Å². The molecule has 0 amide bonds. The van der Waals surface area contributed by atoms with Crippen molar-refractivity contribution in [3.05, 3.63) is 6.92 Å². The van der Waals surface area contributed by atoms with Crippen LogP contribution in [0.3, 0.4) is 0 Å². The van der Waals surface area contributed by atoms with Gasteiger partial charge in [0, 0.05) is 0 Å². The molecule has 1 atom stereocenters. The molecule has 0 aromatic rings. The molecule has 0 aliphatic heterocycles. The predicted octanol–water partition coefficient (Wildman–Crippen LogP) is 10.1. The third-order valence-electron chi connectivity index (χ3n) is 6.04. The van der Waals surface area contributed by atoms with Crippen molar-refractivity contribution >= 4 is 0 Å². The zero-order chi connectivity index (χ0) is 19.1. The maximum atomic E-state index is 4.01. The van der Waals surface area contributed by atoms with E-state index in [1.807, 2.05) is 0 Å². The zero-order valence-corrected chi connectivity index (χ0v) is 18.8. The normalized spacial score (nSPS) is 11.5. The van der Waals surface area contributed by atoms with Crippen LogP contribution in [-0.2, 0) is 0 Å². The van der Waals surface area contributed by atoms with E-state index in [1.54, 1.807) is 0 Å². The highest BCUT2D eigenvalue weighted by Gasteiger charge is 2.07. The van der Waals surface area contributed by atoms with Crippen LogP contribution >= 0.6 is 0 Å². The summed E-state index contributed by atoms with van der Waals surface area (Å²) in [4.78, 5) is 0. The molecule has 26 heavy (non-hydrogen) atoms. The molecular weight excluding hydrogens is 312 g/mol. The zero-order valence-electron chi connectivity index (χ0n) is 18.8. The first-order chi connectivity index (χ1) is 12.8. The first kappa shape index (κ1) is 26.0. The van der Waals surface area contributed by atoms with Crippen LogP contribution in [0.1, 0.15) is 155 Å². The summed E-state index contributed by atoms with van der Waals surface area (Å²) >= 11 is 0. The van der Waals surface area contributed by atoms with Crippen molar-refractivity contribution in [2.24, 2.45) is 5.92 Å². The number of unbranched alkanes of at least 4 members (excludes halogenated alkanes) is 16. The van der Waals surface area contributed by atoms with Crippen LogP contribution < -0.4 is 0 Å². The minimum absolute atomic E-state index is 0.999. The SMILES string of the molecule is [CH2]CCCC(CCCC)CCCCCCCCCCCCCCCCC. The monoisotopic (exact) mass is 365 g/mol. The van der Waals surface area contributed by atoms with Crippen LogP contribution in [0.2, 0.25) is 0 Å². The van der Waals surface area contributed by atoms with Gasteiger partial charge in [-0.1, -0.05) is 162 Å². The summed E-state index contributed by atoms with van der Waals surface area (Å²) in [5, 5.41) is 0. The molecule has 0 aromatic carbocycles. The topological polar surface area (TPSA) is 0 Å². The van der Waals surface area contributed by atoms with E-state index in [1.165, 1.54) is 135 Å². The van der Waals surface area contributed by atoms with E-state index < -0.39 is 0 Å². The maximum Gasteiger partial charge on any atom is -0.0414 e. The minimum Gasteiger partial charge on any atom is -0.0654 e. The van der Waals surface area contributed by atoms with Gasteiger partial charge < -0.3 is 0 Å². The Morgan fingerprint density at radius 3 is 1.19 bits per heavy atom. The molecule has 0 N–H and O–H groups in total. The predicted molar refractivity (Wildman–Crippen MR) is 122 cm³/mol. The lowest BCUT2D eigenvalue weighted by Crippen LogP contribution is -2.01. The van der Waals surface area contributed by atoms with Crippen molar-refractivity contribution in [1.29, 1.82) is 0 Å². The maximum absolute atomic E-state index is 4.01. The van der Waals surface area contributed by atoms with Gasteiger partial charge in [0.2, 0.25) is 0 Å². The van der Waals surface area contributed by atoms with Crippen molar-refractivity contribution < 1.29 is 0 Å². The molecule has 0 saturated carbocycles. The van der Waals surface area contributed by atoms with Gasteiger partial charge in [0.15, 0.2) is 0 Å². The molecule has 0 saturated heterocycles. The minimum atomic E-state index is 0.999. The van der Waals surface area contributed by atoms with E-state index in [0.717, 1.165) is 12.3 Å². The van der Waals surface area contributed by atoms with Gasteiger partial charge in [0.25, 0.3) is 0 Å². The van der Waals surface area contributed by atoms with Gasteiger partial charge in [-0.05, 0) is 5.92 Å². The lowest BCUT2D eigenvalue weighted by molar-refractivity contribution is 0.378. The molecular formula is C26H53. The summed E-state index contributed by atoms with van der Waals surface area (Å²) in [6, 6.07) is 0. The highest BCUT2D eigenvalue weighted by molar-refractivity contribution is 4.61. The van der Waals surface area contributed by atoms with E-state index >= 15 is 0 Å². The molecule has 0 heteroatoms. The molecule has 0 spiro atoms. The fourth-order valence-corrected chi connectivity index (χ4v) is 4.16. The van der Waals surface area contributed by atoms with Gasteiger partial charge in [-0.25, -0.2) is 0 Å². The number of hydrogen-bond acceptors (Lipinski definition) is 0. The largest absolute Gasteiger partial charge is 0.0654 e. The molecule has 0 aliphatic carbocycles. The second-order valence-corrected chi connectivity index (χ2v) is 8.74. The fourth-order valence-electron chi connectivity index (χ4n) is 4.16. The molecule has 0 bridgehead atoms. The Morgan fingerprint density at radius 2 is 0.769 bits per heavy atom. The van der Waals surface area contributed by atoms with Crippen molar-refractivity contribution in [1.82, 2.24) is 0 Å². The van der Waals surface area contributed by atoms with Crippen molar-refractivity contribution in [2.75, 3.05) is 0 Å². The number of rotatable bonds is 22. The van der Waals surface area contributed by atoms with E-state index in [0.29, 0.717) is 0 Å². The van der Waals surface area contributed by atoms with Gasteiger partial charge in [-0.15, -0.1) is 0 Å². The third kappa shape index (κ3) is 20.3. The van der Waals surface area contributed by atoms with Gasteiger partial charge in [-0.2, -0.15) is 0 Å². The molecule has 0 aromatic heterocycles. The average molecular weight is 366 g/mol. The summed E-state index contributed by atoms with van der Waals surface area (Å²) in [6.45, 7) is 8.64. The second-order valence-electron chi connectivity index (χ2n) is 8.74. The Balaban J connectivity index is 3.26. The molecule has 1 radical (unpaired) electrons. The summed E-state index contributed by atoms with van der Waals surface area (Å²) in [5.41, 5.74) is 0. The molecule has 0 rings (SSSR count). The molecule has 0 nitrogen and oxygen atoms in total. The molecule has 0 aliphatic rings. The Morgan fingerprint density at radius 1 is 0.423 bits per heavy atom. The summed E-state index contributed by atoms with van der Waals surface area (Å²) < 4.78 is 0. The van der Waals surface area contributed by atoms with Crippen LogP contribution in [0.15, 0.2) is 0 Å². The van der Waals surface area contributed by atoms with Crippen LogP contribution in [0.25, 0.3) is 0 Å². The van der Waals surface area contributed by atoms with Gasteiger partial charge in [0.1, 0.15) is 0 Å². The summed E-state index contributed by atoms with van der Waals surface area (Å²) in [7, 11) is 0. The smallest absolute Gasteiger partial charge is 0.0414 e. The molecule has 0 heterocycles. The Labute approximate surface area is 168 Å². The number of hydrogen-bond donors (Lipinski definition) is 0. The summed E-state index contributed by atoms with van der Waals surface area (Å²) in [6.07, 6.45) is 31.7. The Kier molecular flexibility index (Phi) is 23.0. The van der Waals surface area contributed by atoms with Gasteiger partial charge >= 0.3 is 0 Å². The molecule has 1 unspecified atom stereocenters. The van der Waals surface area contributed by atoms with E-state index in [9.17, 15) is 0 Å². The molecule has 157 valence electrons. The highest BCUT2D eigenvalue weighted by Crippen LogP contribution is 2.23. The van der Waals surface area contributed by atoms with E-state index in [-0.39, 0.29) is 0 Å². The van der Waals surface area contributed by atoms with Crippen molar-refractivity contribution in [3.8, 4) is 0 Å². The fraction of sp³-hybridized carbons (Fsp3) is 0.962. The Hall–Kier alpha value is 0. The lowest BCUT2D eigenvalue weighted by Gasteiger charge is -2.16. The van der Waals surface area contributed by atoms with Gasteiger partial charge in [0.05, 0.1) is 0 Å². The van der Waals surface area contributed by atoms with Crippen molar-refractivity contribution in [2.45, 2.75) is 155 Å². The van der Waals surface area contributed by atoms with Gasteiger partial charge in [-0.3, -0.25) is 0 Å². The van der Waals surface area contributed by atoms with Crippen LogP contribution in [0, 0.1) is 12.8 Å². The first-order valence-electron chi connectivity index (χ1n) is 12.6. The summed E-state index contributed by atoms with van der Waals surface area (Å²) in [5.74, 6) is 0.999. The van der Waals surface area contributed by atoms with E-state index in [4.69, 9.17) is 0 Å². The molecule has 0 fully saturated rings. The standard InChI is InChI=1S/C26H53/c1-4-7-10-11-12-13-14-15-16-17-18-19-20-21-22-25-26(23-8-5-2)24-9-6-3/h26H,2,4-25H2,1,3H3. The van der Waals surface area contributed by atoms with Crippen LogP contribution in [-0.4, -0.2) is 0 Å². The quantitative estimate of drug-likeness (QED) is 0.167. The third-order valence-corrected chi connectivity index (χ3v) is 6.04. The average Bonchev–Trinajstić information content (AvgIpc) is 2.66. The highest BCUT2D eigenvalue weighted by atomic mass is 14.1. The second kappa shape index (κ2) is 23.0. The first-order valence-corrected chi connectivity index (χ1v) is 12.6. The van der Waals surface area contributed by atoms with E-state index in [2.05, 4.69) is 20.8 Å². The van der Waals surface area contributed by atoms with Crippen LogP contribution in [0.4, 0.5) is 0 Å². The Bertz CT molecular complexity index is 224. The van der Waals surface area contributed by atoms with Crippen molar-refractivity contribution in [3.63, 3.8) is 0 Å².